The average molecular weight is 229 g/mol. The fourth-order valence-corrected chi connectivity index (χ4v) is 2.08. The average Bonchev–Trinajstić information content (AvgIpc) is 2.50. The molecular weight excluding hydrogens is 206 g/mol. The molecule has 94 valence electrons. The summed E-state index contributed by atoms with van der Waals surface area (Å²) in [5.74, 6) is -0.231. The van der Waals surface area contributed by atoms with E-state index in [-0.39, 0.29) is 5.97 Å². The summed E-state index contributed by atoms with van der Waals surface area (Å²) in [7, 11) is 1.64. The largest absolute Gasteiger partial charge is 0.464 e. The summed E-state index contributed by atoms with van der Waals surface area (Å²) < 4.78 is 10.1. The van der Waals surface area contributed by atoms with Crippen LogP contribution in [0, 0.1) is 0 Å². The second-order valence-corrected chi connectivity index (χ2v) is 4.55. The molecule has 1 fully saturated rings. The van der Waals surface area contributed by atoms with Gasteiger partial charge in [-0.25, -0.2) is 0 Å². The summed E-state index contributed by atoms with van der Waals surface area (Å²) in [6.45, 7) is 1.02. The SMILES string of the molecule is COCCCOC(=O)C1(N)CCCCCC1. The number of carbonyl (C=O) groups excluding carboxylic acids is 1. The van der Waals surface area contributed by atoms with Crippen molar-refractivity contribution in [3.8, 4) is 0 Å². The highest BCUT2D eigenvalue weighted by atomic mass is 16.5. The zero-order valence-electron chi connectivity index (χ0n) is 10.2. The Labute approximate surface area is 97.5 Å². The van der Waals surface area contributed by atoms with E-state index in [1.807, 2.05) is 0 Å². The second kappa shape index (κ2) is 6.86. The van der Waals surface area contributed by atoms with E-state index in [4.69, 9.17) is 15.2 Å². The lowest BCUT2D eigenvalue weighted by molar-refractivity contribution is -0.151. The van der Waals surface area contributed by atoms with E-state index >= 15 is 0 Å². The zero-order chi connectivity index (χ0) is 11.9. The Balaban J connectivity index is 2.32. The molecule has 2 N–H and O–H groups in total. The summed E-state index contributed by atoms with van der Waals surface area (Å²) in [5.41, 5.74) is 5.38. The molecule has 1 aliphatic carbocycles. The number of carbonyl (C=O) groups is 1. The lowest BCUT2D eigenvalue weighted by atomic mass is 9.92. The maximum absolute atomic E-state index is 11.8. The first-order valence-electron chi connectivity index (χ1n) is 6.14. The summed E-state index contributed by atoms with van der Waals surface area (Å²) >= 11 is 0. The van der Waals surface area contributed by atoms with Gasteiger partial charge in [-0.05, 0) is 12.8 Å². The highest BCUT2D eigenvalue weighted by molar-refractivity contribution is 5.80. The number of ether oxygens (including phenoxy) is 2. The molecule has 1 aliphatic rings. The van der Waals surface area contributed by atoms with Crippen LogP contribution >= 0.6 is 0 Å². The fraction of sp³-hybridized carbons (Fsp3) is 0.917. The number of hydrogen-bond donors (Lipinski definition) is 1. The van der Waals surface area contributed by atoms with Gasteiger partial charge in [0, 0.05) is 20.1 Å². The Morgan fingerprint density at radius 3 is 2.38 bits per heavy atom. The van der Waals surface area contributed by atoms with Crippen molar-refractivity contribution >= 4 is 5.97 Å². The van der Waals surface area contributed by atoms with E-state index in [1.54, 1.807) is 7.11 Å². The van der Waals surface area contributed by atoms with Gasteiger partial charge in [0.1, 0.15) is 5.54 Å². The van der Waals surface area contributed by atoms with Crippen molar-refractivity contribution in [1.82, 2.24) is 0 Å². The molecule has 0 amide bonds. The van der Waals surface area contributed by atoms with Crippen LogP contribution in [0.3, 0.4) is 0 Å². The molecule has 0 saturated heterocycles. The molecule has 16 heavy (non-hydrogen) atoms. The smallest absolute Gasteiger partial charge is 0.326 e. The van der Waals surface area contributed by atoms with Crippen LogP contribution in [0.1, 0.15) is 44.9 Å². The number of hydrogen-bond acceptors (Lipinski definition) is 4. The third kappa shape index (κ3) is 4.10. The number of methoxy groups -OCH3 is 1. The highest BCUT2D eigenvalue weighted by Gasteiger charge is 2.35. The molecule has 4 nitrogen and oxygen atoms in total. The Hall–Kier alpha value is -0.610. The van der Waals surface area contributed by atoms with Gasteiger partial charge in [-0.15, -0.1) is 0 Å². The van der Waals surface area contributed by atoms with E-state index in [0.29, 0.717) is 13.2 Å². The highest BCUT2D eigenvalue weighted by Crippen LogP contribution is 2.26. The van der Waals surface area contributed by atoms with Gasteiger partial charge in [0.15, 0.2) is 0 Å². The monoisotopic (exact) mass is 229 g/mol. The Morgan fingerprint density at radius 2 is 1.81 bits per heavy atom. The number of nitrogens with two attached hydrogens (primary N) is 1. The maximum atomic E-state index is 11.8. The van der Waals surface area contributed by atoms with Gasteiger partial charge < -0.3 is 15.2 Å². The molecule has 0 atom stereocenters. The topological polar surface area (TPSA) is 61.5 Å². The van der Waals surface area contributed by atoms with Crippen LogP contribution in [-0.2, 0) is 14.3 Å². The van der Waals surface area contributed by atoms with Crippen molar-refractivity contribution < 1.29 is 14.3 Å². The van der Waals surface area contributed by atoms with Crippen LogP contribution in [0.2, 0.25) is 0 Å². The summed E-state index contributed by atoms with van der Waals surface area (Å²) in [5, 5.41) is 0. The van der Waals surface area contributed by atoms with Crippen molar-refractivity contribution in [2.45, 2.75) is 50.5 Å². The third-order valence-electron chi connectivity index (χ3n) is 3.13. The van der Waals surface area contributed by atoms with Crippen molar-refractivity contribution in [2.24, 2.45) is 5.73 Å². The minimum Gasteiger partial charge on any atom is -0.464 e. The van der Waals surface area contributed by atoms with Crippen molar-refractivity contribution in [3.05, 3.63) is 0 Å². The van der Waals surface area contributed by atoms with Gasteiger partial charge in [0.05, 0.1) is 6.61 Å². The van der Waals surface area contributed by atoms with E-state index in [2.05, 4.69) is 0 Å². The first-order valence-corrected chi connectivity index (χ1v) is 6.14. The molecule has 0 aromatic rings. The number of esters is 1. The Kier molecular flexibility index (Phi) is 5.77. The van der Waals surface area contributed by atoms with Crippen LogP contribution in [0.15, 0.2) is 0 Å². The maximum Gasteiger partial charge on any atom is 0.326 e. The molecule has 0 aromatic carbocycles. The quantitative estimate of drug-likeness (QED) is 0.442. The van der Waals surface area contributed by atoms with Crippen LogP contribution < -0.4 is 5.73 Å². The number of rotatable bonds is 5. The minimum absolute atomic E-state index is 0.231. The molecule has 0 heterocycles. The second-order valence-electron chi connectivity index (χ2n) is 4.55. The van der Waals surface area contributed by atoms with Gasteiger partial charge >= 0.3 is 5.97 Å². The summed E-state index contributed by atoms with van der Waals surface area (Å²) in [6.07, 6.45) is 6.67. The lowest BCUT2D eigenvalue weighted by Gasteiger charge is -2.25. The van der Waals surface area contributed by atoms with E-state index < -0.39 is 5.54 Å². The standard InChI is InChI=1S/C12H23NO3/c1-15-9-6-10-16-11(14)12(13)7-4-2-3-5-8-12/h2-10,13H2,1H3. The molecule has 1 saturated carbocycles. The molecule has 0 unspecified atom stereocenters. The van der Waals surface area contributed by atoms with E-state index in [0.717, 1.165) is 32.1 Å². The van der Waals surface area contributed by atoms with Gasteiger partial charge in [0.2, 0.25) is 0 Å². The summed E-state index contributed by atoms with van der Waals surface area (Å²) in [4.78, 5) is 11.8. The molecule has 4 heteroatoms. The van der Waals surface area contributed by atoms with Crippen LogP contribution in [-0.4, -0.2) is 31.8 Å². The Morgan fingerprint density at radius 1 is 1.19 bits per heavy atom. The van der Waals surface area contributed by atoms with Gasteiger partial charge in [-0.2, -0.15) is 0 Å². The molecular formula is C12H23NO3. The van der Waals surface area contributed by atoms with Gasteiger partial charge in [-0.1, -0.05) is 25.7 Å². The minimum atomic E-state index is -0.733. The van der Waals surface area contributed by atoms with Gasteiger partial charge in [0.25, 0.3) is 0 Å². The first-order chi connectivity index (χ1) is 7.69. The zero-order valence-corrected chi connectivity index (χ0v) is 10.2. The molecule has 0 aliphatic heterocycles. The molecule has 0 aromatic heterocycles. The molecule has 0 bridgehead atoms. The summed E-state index contributed by atoms with van der Waals surface area (Å²) in [6, 6.07) is 0. The predicted molar refractivity (Wildman–Crippen MR) is 62.1 cm³/mol. The Bertz CT molecular complexity index is 210. The van der Waals surface area contributed by atoms with Gasteiger partial charge in [-0.3, -0.25) is 4.79 Å². The molecule has 0 spiro atoms. The van der Waals surface area contributed by atoms with Crippen LogP contribution in [0.4, 0.5) is 0 Å². The molecule has 0 radical (unpaired) electrons. The van der Waals surface area contributed by atoms with Crippen molar-refractivity contribution in [3.63, 3.8) is 0 Å². The van der Waals surface area contributed by atoms with E-state index in [9.17, 15) is 4.79 Å². The van der Waals surface area contributed by atoms with Crippen molar-refractivity contribution in [2.75, 3.05) is 20.3 Å². The third-order valence-corrected chi connectivity index (χ3v) is 3.13. The van der Waals surface area contributed by atoms with Crippen LogP contribution in [0.25, 0.3) is 0 Å². The normalized spacial score (nSPS) is 20.1. The van der Waals surface area contributed by atoms with Crippen molar-refractivity contribution in [1.29, 1.82) is 0 Å². The predicted octanol–water partition coefficient (Wildman–Crippen LogP) is 1.62. The van der Waals surface area contributed by atoms with Crippen LogP contribution in [0.5, 0.6) is 0 Å². The first kappa shape index (κ1) is 13.5. The lowest BCUT2D eigenvalue weighted by Crippen LogP contribution is -2.48. The fourth-order valence-electron chi connectivity index (χ4n) is 2.08. The molecule has 1 rings (SSSR count). The van der Waals surface area contributed by atoms with E-state index in [1.165, 1.54) is 12.8 Å².